The second-order valence-corrected chi connectivity index (χ2v) is 10.4. The van der Waals surface area contributed by atoms with Crippen molar-refractivity contribution in [2.45, 2.75) is 25.0 Å². The van der Waals surface area contributed by atoms with Crippen LogP contribution in [-0.2, 0) is 19.0 Å². The van der Waals surface area contributed by atoms with Crippen molar-refractivity contribution in [3.05, 3.63) is 130 Å². The SMILES string of the molecule is Fc1cc(OC(F)(F)c2c(F)cc(N3CCN(C4c5ccccc5CCc5ccccc54)CC3)cc2F)cc(F)c1F. The molecule has 4 aromatic rings. The Morgan fingerprint density at radius 3 is 1.67 bits per heavy atom. The van der Waals surface area contributed by atoms with Gasteiger partial charge in [-0.3, -0.25) is 4.90 Å². The number of aryl methyl sites for hydroxylation is 2. The molecular weight excluding hydrogens is 561 g/mol. The van der Waals surface area contributed by atoms with Gasteiger partial charge in [0.05, 0.1) is 6.04 Å². The zero-order chi connectivity index (χ0) is 29.6. The predicted octanol–water partition coefficient (Wildman–Crippen LogP) is 7.52. The Bertz CT molecular complexity index is 1540. The van der Waals surface area contributed by atoms with Gasteiger partial charge in [-0.25, -0.2) is 22.0 Å². The van der Waals surface area contributed by atoms with Crippen LogP contribution >= 0.6 is 0 Å². The number of fused-ring (bicyclic) bond motifs is 2. The second-order valence-electron chi connectivity index (χ2n) is 10.4. The molecule has 6 rings (SSSR count). The number of hydrogen-bond acceptors (Lipinski definition) is 3. The van der Waals surface area contributed by atoms with Crippen LogP contribution in [0, 0.1) is 29.1 Å². The molecule has 1 aliphatic heterocycles. The average Bonchev–Trinajstić information content (AvgIpc) is 3.12. The Hall–Kier alpha value is -4.05. The number of ether oxygens (including phenoxy) is 1. The largest absolute Gasteiger partial charge is 0.432 e. The van der Waals surface area contributed by atoms with E-state index in [9.17, 15) is 30.7 Å². The normalized spacial score (nSPS) is 16.1. The molecule has 42 heavy (non-hydrogen) atoms. The lowest BCUT2D eigenvalue weighted by molar-refractivity contribution is -0.189. The Morgan fingerprint density at radius 1 is 0.643 bits per heavy atom. The zero-order valence-electron chi connectivity index (χ0n) is 22.2. The maximum Gasteiger partial charge on any atom is 0.432 e. The van der Waals surface area contributed by atoms with Gasteiger partial charge in [-0.05, 0) is 47.2 Å². The van der Waals surface area contributed by atoms with Gasteiger partial charge < -0.3 is 9.64 Å². The van der Waals surface area contributed by atoms with Gasteiger partial charge in [0.25, 0.3) is 0 Å². The molecule has 1 heterocycles. The first-order valence-corrected chi connectivity index (χ1v) is 13.5. The molecule has 0 saturated carbocycles. The molecule has 1 fully saturated rings. The van der Waals surface area contributed by atoms with Gasteiger partial charge >= 0.3 is 6.11 Å². The minimum Gasteiger partial charge on any atom is -0.429 e. The Morgan fingerprint density at radius 2 is 1.14 bits per heavy atom. The average molecular weight is 587 g/mol. The van der Waals surface area contributed by atoms with E-state index in [0.29, 0.717) is 26.2 Å². The number of piperazine rings is 1. The molecule has 1 saturated heterocycles. The van der Waals surface area contributed by atoms with Crippen LogP contribution in [0.2, 0.25) is 0 Å². The van der Waals surface area contributed by atoms with Crippen molar-refractivity contribution in [3.63, 3.8) is 0 Å². The standard InChI is InChI=1S/C32H25F7N2O/c33-25-15-21(16-26(34)29(25)32(38,39)42-22-17-27(35)30(37)28(36)18-22)40-11-13-41(14-12-40)31-23-7-3-1-5-19(23)9-10-20-6-2-4-8-24(20)31/h1-8,15-18,31H,9-14H2. The Balaban J connectivity index is 1.22. The number of anilines is 1. The van der Waals surface area contributed by atoms with Crippen LogP contribution in [0.15, 0.2) is 72.8 Å². The van der Waals surface area contributed by atoms with Crippen LogP contribution in [0.1, 0.15) is 33.9 Å². The topological polar surface area (TPSA) is 15.7 Å². The summed E-state index contributed by atoms with van der Waals surface area (Å²) in [5.74, 6) is -9.77. The van der Waals surface area contributed by atoms with E-state index in [0.717, 1.165) is 25.0 Å². The molecule has 1 aliphatic carbocycles. The van der Waals surface area contributed by atoms with Gasteiger partial charge in [0.2, 0.25) is 0 Å². The van der Waals surface area contributed by atoms with Gasteiger partial charge in [0.15, 0.2) is 17.5 Å². The van der Waals surface area contributed by atoms with E-state index in [1.54, 1.807) is 4.90 Å². The summed E-state index contributed by atoms with van der Waals surface area (Å²) >= 11 is 0. The Labute approximate surface area is 237 Å². The second kappa shape index (κ2) is 11.0. The van der Waals surface area contributed by atoms with Gasteiger partial charge in [-0.2, -0.15) is 8.78 Å². The monoisotopic (exact) mass is 586 g/mol. The lowest BCUT2D eigenvalue weighted by Gasteiger charge is -2.41. The third-order valence-electron chi connectivity index (χ3n) is 7.93. The molecule has 10 heteroatoms. The van der Waals surface area contributed by atoms with Gasteiger partial charge in [0, 0.05) is 44.0 Å². The minimum absolute atomic E-state index is 0.00914. The van der Waals surface area contributed by atoms with Crippen LogP contribution < -0.4 is 9.64 Å². The molecular formula is C32H25F7N2O. The van der Waals surface area contributed by atoms with E-state index in [1.807, 2.05) is 24.3 Å². The van der Waals surface area contributed by atoms with E-state index in [4.69, 9.17) is 0 Å². The summed E-state index contributed by atoms with van der Waals surface area (Å²) in [6.07, 6.45) is -2.79. The third kappa shape index (κ3) is 5.19. The van der Waals surface area contributed by atoms with Crippen molar-refractivity contribution in [1.29, 1.82) is 0 Å². The van der Waals surface area contributed by atoms with E-state index in [2.05, 4.69) is 33.9 Å². The molecule has 0 aromatic heterocycles. The summed E-state index contributed by atoms with van der Waals surface area (Å²) in [5.41, 5.74) is 3.35. The summed E-state index contributed by atoms with van der Waals surface area (Å²) < 4.78 is 104. The number of hydrogen-bond donors (Lipinski definition) is 0. The van der Waals surface area contributed by atoms with Crippen molar-refractivity contribution >= 4 is 5.69 Å². The smallest absolute Gasteiger partial charge is 0.429 e. The van der Waals surface area contributed by atoms with Crippen molar-refractivity contribution in [2.24, 2.45) is 0 Å². The first-order valence-electron chi connectivity index (χ1n) is 13.5. The van der Waals surface area contributed by atoms with Crippen LogP contribution in [0.5, 0.6) is 5.75 Å². The fourth-order valence-electron chi connectivity index (χ4n) is 5.94. The first kappa shape index (κ1) is 28.1. The summed E-state index contributed by atoms with van der Waals surface area (Å²) in [6.45, 7) is 1.89. The molecule has 218 valence electrons. The number of nitrogens with zero attached hydrogens (tertiary/aromatic N) is 2. The summed E-state index contributed by atoms with van der Waals surface area (Å²) in [5, 5.41) is 0. The molecule has 3 nitrogen and oxygen atoms in total. The van der Waals surface area contributed by atoms with Crippen molar-refractivity contribution in [2.75, 3.05) is 31.1 Å². The predicted molar refractivity (Wildman–Crippen MR) is 143 cm³/mol. The van der Waals surface area contributed by atoms with E-state index < -0.39 is 46.5 Å². The van der Waals surface area contributed by atoms with E-state index in [1.165, 1.54) is 22.3 Å². The number of benzene rings is 4. The van der Waals surface area contributed by atoms with Crippen LogP contribution in [-0.4, -0.2) is 31.1 Å². The fraction of sp³-hybridized carbons (Fsp3) is 0.250. The molecule has 0 N–H and O–H groups in total. The lowest BCUT2D eigenvalue weighted by atomic mass is 9.92. The zero-order valence-corrected chi connectivity index (χ0v) is 22.2. The summed E-state index contributed by atoms with van der Waals surface area (Å²) in [6, 6.07) is 18.6. The molecule has 0 atom stereocenters. The molecule has 0 spiro atoms. The quantitative estimate of drug-likeness (QED) is 0.178. The van der Waals surface area contributed by atoms with Gasteiger partial charge in [0.1, 0.15) is 22.9 Å². The summed E-state index contributed by atoms with van der Waals surface area (Å²) in [7, 11) is 0. The molecule has 4 aromatic carbocycles. The minimum atomic E-state index is -4.64. The van der Waals surface area contributed by atoms with Gasteiger partial charge in [-0.15, -0.1) is 0 Å². The maximum absolute atomic E-state index is 15.0. The van der Waals surface area contributed by atoms with Crippen LogP contribution in [0.25, 0.3) is 0 Å². The molecule has 0 bridgehead atoms. The van der Waals surface area contributed by atoms with Crippen molar-refractivity contribution in [1.82, 2.24) is 4.90 Å². The summed E-state index contributed by atoms with van der Waals surface area (Å²) in [4.78, 5) is 4.04. The molecule has 0 unspecified atom stereocenters. The number of halogens is 7. The van der Waals surface area contributed by atoms with Gasteiger partial charge in [-0.1, -0.05) is 48.5 Å². The Kier molecular flexibility index (Phi) is 7.34. The third-order valence-corrected chi connectivity index (χ3v) is 7.93. The highest BCUT2D eigenvalue weighted by Crippen LogP contribution is 2.39. The highest BCUT2D eigenvalue weighted by atomic mass is 19.3. The van der Waals surface area contributed by atoms with E-state index in [-0.39, 0.29) is 23.9 Å². The number of rotatable bonds is 5. The number of alkyl halides is 2. The lowest BCUT2D eigenvalue weighted by Crippen LogP contribution is -2.48. The van der Waals surface area contributed by atoms with Crippen LogP contribution in [0.3, 0.4) is 0 Å². The molecule has 0 amide bonds. The van der Waals surface area contributed by atoms with Crippen molar-refractivity contribution < 1.29 is 35.5 Å². The highest BCUT2D eigenvalue weighted by Gasteiger charge is 2.42. The van der Waals surface area contributed by atoms with Crippen LogP contribution in [0.4, 0.5) is 36.4 Å². The van der Waals surface area contributed by atoms with E-state index >= 15 is 0 Å². The van der Waals surface area contributed by atoms with Crippen molar-refractivity contribution in [3.8, 4) is 5.75 Å². The molecule has 0 radical (unpaired) electrons. The highest BCUT2D eigenvalue weighted by molar-refractivity contribution is 5.51. The maximum atomic E-state index is 15.0. The molecule has 2 aliphatic rings. The first-order chi connectivity index (χ1) is 20.1. The fourth-order valence-corrected chi connectivity index (χ4v) is 5.94.